The zero-order valence-electron chi connectivity index (χ0n) is 21.3. The van der Waals surface area contributed by atoms with Crippen molar-refractivity contribution in [1.29, 1.82) is 0 Å². The molecular weight excluding hydrogens is 512 g/mol. The van der Waals surface area contributed by atoms with Crippen LogP contribution in [0.1, 0.15) is 18.4 Å². The Balaban J connectivity index is 1.29. The predicted molar refractivity (Wildman–Crippen MR) is 133 cm³/mol. The Bertz CT molecular complexity index is 1220. The van der Waals surface area contributed by atoms with Gasteiger partial charge in [-0.05, 0) is 24.5 Å². The molecular formula is C27H32N2O10. The Morgan fingerprint density at radius 2 is 2.00 bits per heavy atom. The van der Waals surface area contributed by atoms with Gasteiger partial charge in [-0.2, -0.15) is 0 Å². The number of hydrogen-bond donors (Lipinski definition) is 5. The van der Waals surface area contributed by atoms with Gasteiger partial charge < -0.3 is 49.6 Å². The summed E-state index contributed by atoms with van der Waals surface area (Å²) in [6.07, 6.45) is -4.51. The summed E-state index contributed by atoms with van der Waals surface area (Å²) in [5.74, 6) is -0.739. The number of rotatable bonds is 5. The maximum atomic E-state index is 13.7. The zero-order chi connectivity index (χ0) is 27.6. The van der Waals surface area contributed by atoms with Crippen molar-refractivity contribution in [2.24, 2.45) is 11.8 Å². The topological polar surface area (TPSA) is 167 Å². The van der Waals surface area contributed by atoms with Gasteiger partial charge in [0.15, 0.2) is 6.29 Å². The minimum Gasteiger partial charge on any atom is -0.497 e. The molecule has 5 heterocycles. The molecule has 1 aromatic rings. The van der Waals surface area contributed by atoms with Crippen LogP contribution in [0.4, 0.5) is 5.69 Å². The van der Waals surface area contributed by atoms with E-state index in [0.717, 1.165) is 5.56 Å². The van der Waals surface area contributed by atoms with Crippen LogP contribution in [0.15, 0.2) is 42.7 Å². The van der Waals surface area contributed by atoms with E-state index in [1.807, 2.05) is 12.1 Å². The first-order valence-corrected chi connectivity index (χ1v) is 13.0. The fourth-order valence-electron chi connectivity index (χ4n) is 6.86. The van der Waals surface area contributed by atoms with Gasteiger partial charge in [0.2, 0.25) is 12.2 Å². The lowest BCUT2D eigenvalue weighted by atomic mass is 9.67. The van der Waals surface area contributed by atoms with Crippen LogP contribution in [0.25, 0.3) is 0 Å². The Morgan fingerprint density at radius 3 is 2.72 bits per heavy atom. The minimum atomic E-state index is -1.61. The molecule has 0 aromatic heterocycles. The molecule has 39 heavy (non-hydrogen) atoms. The number of nitrogens with one attached hydrogen (secondary N) is 1. The third kappa shape index (κ3) is 3.74. The molecule has 6 rings (SSSR count). The molecule has 0 radical (unpaired) electrons. The molecule has 1 aromatic carbocycles. The van der Waals surface area contributed by atoms with E-state index < -0.39 is 66.9 Å². The second-order valence-corrected chi connectivity index (χ2v) is 10.7. The first-order valence-electron chi connectivity index (χ1n) is 13.0. The maximum absolute atomic E-state index is 13.7. The monoisotopic (exact) mass is 544 g/mol. The fourth-order valence-corrected chi connectivity index (χ4v) is 6.86. The van der Waals surface area contributed by atoms with E-state index in [9.17, 15) is 30.0 Å². The number of methoxy groups -OCH3 is 1. The van der Waals surface area contributed by atoms with Crippen LogP contribution in [-0.2, 0) is 29.2 Å². The lowest BCUT2D eigenvalue weighted by Gasteiger charge is -2.47. The number of amides is 2. The number of anilines is 1. The molecule has 5 aliphatic heterocycles. The lowest BCUT2D eigenvalue weighted by Crippen LogP contribution is -2.60. The van der Waals surface area contributed by atoms with Crippen molar-refractivity contribution in [3.8, 4) is 5.75 Å². The van der Waals surface area contributed by atoms with Gasteiger partial charge in [-0.25, -0.2) is 0 Å². The number of ether oxygens (including phenoxy) is 4. The van der Waals surface area contributed by atoms with Crippen LogP contribution in [-0.4, -0.2) is 100 Å². The number of nitrogens with zero attached hydrogens (tertiary/aromatic N) is 1. The van der Waals surface area contributed by atoms with Crippen molar-refractivity contribution >= 4 is 17.5 Å². The highest BCUT2D eigenvalue weighted by Gasteiger charge is 2.62. The summed E-state index contributed by atoms with van der Waals surface area (Å²) in [5, 5.41) is 43.2. The van der Waals surface area contributed by atoms with Gasteiger partial charge in [-0.15, -0.1) is 6.58 Å². The summed E-state index contributed by atoms with van der Waals surface area (Å²) in [6, 6.07) is 5.05. The van der Waals surface area contributed by atoms with Crippen molar-refractivity contribution in [3.63, 3.8) is 0 Å². The Labute approximate surface area is 224 Å². The Morgan fingerprint density at radius 1 is 1.21 bits per heavy atom. The van der Waals surface area contributed by atoms with Gasteiger partial charge in [0.25, 0.3) is 5.91 Å². The molecule has 1 spiro atoms. The molecule has 3 fully saturated rings. The molecule has 210 valence electrons. The highest BCUT2D eigenvalue weighted by atomic mass is 16.8. The third-order valence-corrected chi connectivity index (χ3v) is 8.93. The van der Waals surface area contributed by atoms with E-state index in [1.54, 1.807) is 24.2 Å². The predicted octanol–water partition coefficient (Wildman–Crippen LogP) is -0.635. The van der Waals surface area contributed by atoms with Gasteiger partial charge in [0, 0.05) is 30.1 Å². The SMILES string of the molecule is C=C[C@H]1[C@H](O[C@@H]2O[C@H](CO)[C@@H](O)[C@H](O)[C@H]2O)OC=C2C(=O)N3CC[C@@]4(C(=O)Nc5cc(OC)ccc54)[C@H]3C[C@H]21. The number of aliphatic hydroxyl groups excluding tert-OH is 4. The minimum absolute atomic E-state index is 0.158. The van der Waals surface area contributed by atoms with E-state index in [1.165, 1.54) is 6.26 Å². The average molecular weight is 545 g/mol. The molecule has 0 unspecified atom stereocenters. The van der Waals surface area contributed by atoms with Crippen molar-refractivity contribution < 1.29 is 49.0 Å². The van der Waals surface area contributed by atoms with Crippen LogP contribution in [0, 0.1) is 11.8 Å². The normalized spacial score (nSPS) is 40.8. The average Bonchev–Trinajstić information content (AvgIpc) is 3.46. The summed E-state index contributed by atoms with van der Waals surface area (Å²) in [5.41, 5.74) is 1.03. The third-order valence-electron chi connectivity index (χ3n) is 8.93. The van der Waals surface area contributed by atoms with E-state index in [0.29, 0.717) is 36.4 Å². The molecule has 10 atom stereocenters. The number of hydrogen-bond acceptors (Lipinski definition) is 10. The standard InChI is InChI=1S/C27H32N2O10/c1-3-13-14-9-19-27(16-5-4-12(36-2)8-17(16)28-26(27)35)6-7-29(19)23(34)15(14)11-37-24(13)39-25-22(33)21(32)20(31)18(10-30)38-25/h3-5,8,11,13-14,18-22,24-25,30-33H,1,6-7,9-10H2,2H3,(H,28,35)/t13-,14+,18-,19-,20-,21+,22-,24+,25+,27+/m1/s1. The van der Waals surface area contributed by atoms with Crippen LogP contribution in [0.3, 0.4) is 0 Å². The molecule has 2 amide bonds. The summed E-state index contributed by atoms with van der Waals surface area (Å²) in [6.45, 7) is 3.74. The Hall–Kier alpha value is -3.00. The smallest absolute Gasteiger partial charge is 0.253 e. The van der Waals surface area contributed by atoms with Crippen LogP contribution in [0.2, 0.25) is 0 Å². The quantitative estimate of drug-likeness (QED) is 0.301. The number of fused-ring (bicyclic) bond motifs is 5. The van der Waals surface area contributed by atoms with Crippen LogP contribution >= 0.6 is 0 Å². The number of aliphatic hydroxyl groups is 4. The van der Waals surface area contributed by atoms with Gasteiger partial charge in [0.1, 0.15) is 30.2 Å². The molecule has 0 bridgehead atoms. The molecule has 12 nitrogen and oxygen atoms in total. The Kier molecular flexibility index (Phi) is 6.44. The summed E-state index contributed by atoms with van der Waals surface area (Å²) < 4.78 is 22.5. The highest BCUT2D eigenvalue weighted by molar-refractivity contribution is 6.08. The van der Waals surface area contributed by atoms with E-state index in [4.69, 9.17) is 18.9 Å². The van der Waals surface area contributed by atoms with E-state index >= 15 is 0 Å². The van der Waals surface area contributed by atoms with Crippen molar-refractivity contribution in [1.82, 2.24) is 4.90 Å². The van der Waals surface area contributed by atoms with Gasteiger partial charge in [0.05, 0.1) is 37.0 Å². The lowest BCUT2D eigenvalue weighted by molar-refractivity contribution is -0.339. The number of piperidine rings is 1. The molecule has 0 aliphatic carbocycles. The molecule has 12 heteroatoms. The molecule has 3 saturated heterocycles. The van der Waals surface area contributed by atoms with Crippen LogP contribution < -0.4 is 10.1 Å². The van der Waals surface area contributed by atoms with Gasteiger partial charge in [-0.1, -0.05) is 12.1 Å². The first-order chi connectivity index (χ1) is 18.7. The molecule has 0 saturated carbocycles. The number of benzene rings is 1. The summed E-state index contributed by atoms with van der Waals surface area (Å²) in [4.78, 5) is 28.9. The van der Waals surface area contributed by atoms with Crippen molar-refractivity contribution in [2.75, 3.05) is 25.6 Å². The van der Waals surface area contributed by atoms with E-state index in [2.05, 4.69) is 11.9 Å². The maximum Gasteiger partial charge on any atom is 0.253 e. The van der Waals surface area contributed by atoms with Gasteiger partial charge in [-0.3, -0.25) is 9.59 Å². The summed E-state index contributed by atoms with van der Waals surface area (Å²) in [7, 11) is 1.56. The van der Waals surface area contributed by atoms with Crippen molar-refractivity contribution in [2.45, 2.75) is 61.3 Å². The van der Waals surface area contributed by atoms with Gasteiger partial charge >= 0.3 is 0 Å². The van der Waals surface area contributed by atoms with E-state index in [-0.39, 0.29) is 11.8 Å². The zero-order valence-corrected chi connectivity index (χ0v) is 21.3. The van der Waals surface area contributed by atoms with Crippen molar-refractivity contribution in [3.05, 3.63) is 48.3 Å². The van der Waals surface area contributed by atoms with Crippen LogP contribution in [0.5, 0.6) is 5.75 Å². The number of carbonyl (C=O) groups excluding carboxylic acids is 2. The molecule has 5 N–H and O–H groups in total. The highest BCUT2D eigenvalue weighted by Crippen LogP contribution is 2.54. The summed E-state index contributed by atoms with van der Waals surface area (Å²) >= 11 is 0. The fraction of sp³-hybridized carbons (Fsp3) is 0.556. The second-order valence-electron chi connectivity index (χ2n) is 10.7. The molecule has 5 aliphatic rings. The first kappa shape index (κ1) is 26.2. The second kappa shape index (κ2) is 9.58. The largest absolute Gasteiger partial charge is 0.497 e. The number of carbonyl (C=O) groups is 2.